The van der Waals surface area contributed by atoms with Gasteiger partial charge in [-0.25, -0.2) is 9.97 Å². The quantitative estimate of drug-likeness (QED) is 0.242. The van der Waals surface area contributed by atoms with Crippen LogP contribution in [-0.4, -0.2) is 9.97 Å². The maximum absolute atomic E-state index is 9.72. The zero-order valence-corrected chi connectivity index (χ0v) is 22.4. The van der Waals surface area contributed by atoms with E-state index < -0.39 is 0 Å². The third kappa shape index (κ3) is 9.06. The molecule has 0 aliphatic heterocycles. The Morgan fingerprint density at radius 3 is 1.97 bits per heavy atom. The molecular weight excluding hydrogens is 426 g/mol. The normalized spacial score (nSPS) is 18.8. The summed E-state index contributed by atoms with van der Waals surface area (Å²) in [6, 6.07) is 11.6. The van der Waals surface area contributed by atoms with Crippen LogP contribution in [-0.2, 0) is 6.42 Å². The van der Waals surface area contributed by atoms with Crippen molar-refractivity contribution in [3.63, 3.8) is 0 Å². The fourth-order valence-electron chi connectivity index (χ4n) is 5.65. The van der Waals surface area contributed by atoms with Gasteiger partial charge in [-0.05, 0) is 62.0 Å². The molecule has 1 aromatic carbocycles. The highest BCUT2D eigenvalue weighted by molar-refractivity contribution is 5.61. The van der Waals surface area contributed by atoms with E-state index in [0.29, 0.717) is 11.8 Å². The predicted octanol–water partition coefficient (Wildman–Crippen LogP) is 9.43. The van der Waals surface area contributed by atoms with Crippen LogP contribution in [0.25, 0.3) is 11.1 Å². The summed E-state index contributed by atoms with van der Waals surface area (Å²) in [5, 5.41) is 9.72. The van der Waals surface area contributed by atoms with Crippen LogP contribution in [0.2, 0.25) is 0 Å². The topological polar surface area (TPSA) is 49.6 Å². The lowest BCUT2D eigenvalue weighted by Crippen LogP contribution is -2.21. The number of nitrogens with zero attached hydrogens (tertiary/aromatic N) is 3. The van der Waals surface area contributed by atoms with Crippen LogP contribution < -0.4 is 0 Å². The molecule has 1 atom stereocenters. The molecule has 1 heterocycles. The van der Waals surface area contributed by atoms with Crippen LogP contribution in [0.3, 0.4) is 0 Å². The number of aromatic nitrogens is 2. The van der Waals surface area contributed by atoms with Gasteiger partial charge < -0.3 is 0 Å². The Hall–Kier alpha value is -2.21. The van der Waals surface area contributed by atoms with Gasteiger partial charge in [-0.15, -0.1) is 0 Å². The molecule has 3 rings (SSSR count). The van der Waals surface area contributed by atoms with Crippen LogP contribution in [0.4, 0.5) is 0 Å². The van der Waals surface area contributed by atoms with Crippen molar-refractivity contribution in [2.45, 2.75) is 122 Å². The molecular formula is C32H47N3. The molecule has 0 radical (unpaired) electrons. The molecule has 0 bridgehead atoms. The molecule has 0 N–H and O–H groups in total. The van der Waals surface area contributed by atoms with Gasteiger partial charge in [-0.2, -0.15) is 5.26 Å². The van der Waals surface area contributed by atoms with Gasteiger partial charge in [0.2, 0.25) is 0 Å². The Morgan fingerprint density at radius 1 is 0.771 bits per heavy atom. The van der Waals surface area contributed by atoms with Gasteiger partial charge in [0.1, 0.15) is 5.82 Å². The van der Waals surface area contributed by atoms with E-state index in [4.69, 9.17) is 9.97 Å². The largest absolute Gasteiger partial charge is 0.240 e. The van der Waals surface area contributed by atoms with Crippen molar-refractivity contribution in [2.24, 2.45) is 11.8 Å². The van der Waals surface area contributed by atoms with Crippen LogP contribution in [0.5, 0.6) is 0 Å². The second-order valence-corrected chi connectivity index (χ2v) is 10.7. The van der Waals surface area contributed by atoms with Crippen LogP contribution >= 0.6 is 0 Å². The predicted molar refractivity (Wildman–Crippen MR) is 147 cm³/mol. The van der Waals surface area contributed by atoms with Crippen molar-refractivity contribution in [3.05, 3.63) is 48.0 Å². The zero-order chi connectivity index (χ0) is 24.7. The number of rotatable bonds is 15. The Labute approximate surface area is 214 Å². The van der Waals surface area contributed by atoms with Gasteiger partial charge in [0.15, 0.2) is 0 Å². The summed E-state index contributed by atoms with van der Waals surface area (Å²) < 4.78 is 0. The standard InChI is InChI=1S/C32H47N3/c1-3-5-7-9-11-13-26-15-17-28(18-16-26)31-24-34-32(35-25-31)29-21-19-27(20-22-29)30(23-33)14-12-10-8-6-4-2/h15-18,24-25,27,29-30H,3-14,19-22H2,1-2H3. The highest BCUT2D eigenvalue weighted by Crippen LogP contribution is 2.39. The smallest absolute Gasteiger partial charge is 0.131 e. The highest BCUT2D eigenvalue weighted by atomic mass is 14.9. The summed E-state index contributed by atoms with van der Waals surface area (Å²) in [6.45, 7) is 4.52. The summed E-state index contributed by atoms with van der Waals surface area (Å²) in [4.78, 5) is 9.54. The van der Waals surface area contributed by atoms with Gasteiger partial charge in [0.25, 0.3) is 0 Å². The van der Waals surface area contributed by atoms with Gasteiger partial charge >= 0.3 is 0 Å². The second kappa shape index (κ2) is 15.7. The van der Waals surface area contributed by atoms with Gasteiger partial charge in [0.05, 0.1) is 6.07 Å². The molecule has 0 spiro atoms. The molecule has 1 aromatic heterocycles. The maximum atomic E-state index is 9.72. The van der Waals surface area contributed by atoms with E-state index in [0.717, 1.165) is 43.5 Å². The second-order valence-electron chi connectivity index (χ2n) is 10.7. The van der Waals surface area contributed by atoms with Crippen molar-refractivity contribution >= 4 is 0 Å². The first-order valence-corrected chi connectivity index (χ1v) is 14.6. The van der Waals surface area contributed by atoms with E-state index in [-0.39, 0.29) is 5.92 Å². The van der Waals surface area contributed by atoms with Crippen molar-refractivity contribution in [1.29, 1.82) is 5.26 Å². The Balaban J connectivity index is 1.44. The minimum absolute atomic E-state index is 0.236. The summed E-state index contributed by atoms with van der Waals surface area (Å²) in [5.74, 6) is 2.23. The molecule has 0 saturated heterocycles. The highest BCUT2D eigenvalue weighted by Gasteiger charge is 2.29. The van der Waals surface area contributed by atoms with Gasteiger partial charge in [-0.3, -0.25) is 0 Å². The maximum Gasteiger partial charge on any atom is 0.131 e. The van der Waals surface area contributed by atoms with E-state index in [9.17, 15) is 5.26 Å². The molecule has 3 nitrogen and oxygen atoms in total. The van der Waals surface area contributed by atoms with Gasteiger partial charge in [0, 0.05) is 29.8 Å². The molecule has 3 heteroatoms. The third-order valence-corrected chi connectivity index (χ3v) is 8.02. The first kappa shape index (κ1) is 27.4. The monoisotopic (exact) mass is 473 g/mol. The first-order valence-electron chi connectivity index (χ1n) is 14.6. The molecule has 190 valence electrons. The van der Waals surface area contributed by atoms with Crippen molar-refractivity contribution in [1.82, 2.24) is 9.97 Å². The Morgan fingerprint density at radius 2 is 1.37 bits per heavy atom. The van der Waals surface area contributed by atoms with E-state index in [1.54, 1.807) is 0 Å². The third-order valence-electron chi connectivity index (χ3n) is 8.02. The zero-order valence-electron chi connectivity index (χ0n) is 22.4. The van der Waals surface area contributed by atoms with Gasteiger partial charge in [-0.1, -0.05) is 95.9 Å². The SMILES string of the molecule is CCCCCCCc1ccc(-c2cnc(C3CCC(C(C#N)CCCCCCC)CC3)nc2)cc1. The number of benzene rings is 1. The molecule has 1 aliphatic rings. The van der Waals surface area contributed by atoms with Crippen LogP contribution in [0.15, 0.2) is 36.7 Å². The minimum atomic E-state index is 0.236. The van der Waals surface area contributed by atoms with E-state index in [2.05, 4.69) is 44.2 Å². The van der Waals surface area contributed by atoms with Crippen LogP contribution in [0.1, 0.15) is 127 Å². The first-order chi connectivity index (χ1) is 17.2. The van der Waals surface area contributed by atoms with Crippen molar-refractivity contribution in [2.75, 3.05) is 0 Å². The average Bonchev–Trinajstić information content (AvgIpc) is 2.91. The summed E-state index contributed by atoms with van der Waals surface area (Å²) in [7, 11) is 0. The number of unbranched alkanes of at least 4 members (excludes halogenated alkanes) is 8. The lowest BCUT2D eigenvalue weighted by molar-refractivity contribution is 0.253. The molecule has 1 unspecified atom stereocenters. The fourth-order valence-corrected chi connectivity index (χ4v) is 5.65. The molecule has 35 heavy (non-hydrogen) atoms. The number of hydrogen-bond donors (Lipinski definition) is 0. The Bertz CT molecular complexity index is 857. The molecule has 1 fully saturated rings. The molecule has 1 aliphatic carbocycles. The van der Waals surface area contributed by atoms with E-state index in [1.807, 2.05) is 12.4 Å². The van der Waals surface area contributed by atoms with Crippen molar-refractivity contribution in [3.8, 4) is 17.2 Å². The molecule has 0 amide bonds. The van der Waals surface area contributed by atoms with E-state index in [1.165, 1.54) is 81.8 Å². The fraction of sp³-hybridized carbons (Fsp3) is 0.656. The lowest BCUT2D eigenvalue weighted by atomic mass is 9.74. The molecule has 1 saturated carbocycles. The molecule has 2 aromatic rings. The number of nitriles is 1. The summed E-state index contributed by atoms with van der Waals surface area (Å²) in [6.07, 6.45) is 23.8. The number of aryl methyl sites for hydroxylation is 1. The average molecular weight is 474 g/mol. The lowest BCUT2D eigenvalue weighted by Gasteiger charge is -2.30. The Kier molecular flexibility index (Phi) is 12.3. The van der Waals surface area contributed by atoms with Crippen LogP contribution in [0, 0.1) is 23.2 Å². The minimum Gasteiger partial charge on any atom is -0.240 e. The summed E-state index contributed by atoms with van der Waals surface area (Å²) >= 11 is 0. The summed E-state index contributed by atoms with van der Waals surface area (Å²) in [5.41, 5.74) is 3.73. The van der Waals surface area contributed by atoms with E-state index >= 15 is 0 Å². The van der Waals surface area contributed by atoms with Crippen molar-refractivity contribution < 1.29 is 0 Å². The number of hydrogen-bond acceptors (Lipinski definition) is 3.